The maximum absolute atomic E-state index is 12.6. The van der Waals surface area contributed by atoms with Gasteiger partial charge in [-0.1, -0.05) is 37.5 Å². The predicted molar refractivity (Wildman–Crippen MR) is 109 cm³/mol. The molecule has 1 aliphatic heterocycles. The lowest BCUT2D eigenvalue weighted by Crippen LogP contribution is -2.51. The largest absolute Gasteiger partial charge is 0.486 e. The van der Waals surface area contributed by atoms with Gasteiger partial charge < -0.3 is 19.2 Å². The normalized spacial score (nSPS) is 17.2. The van der Waals surface area contributed by atoms with Crippen molar-refractivity contribution in [1.82, 2.24) is 15.8 Å². The zero-order valence-electron chi connectivity index (χ0n) is 17.3. The quantitative estimate of drug-likeness (QED) is 0.498. The van der Waals surface area contributed by atoms with E-state index < -0.39 is 36.0 Å². The molecule has 0 unspecified atom stereocenters. The fourth-order valence-corrected chi connectivity index (χ4v) is 3.81. The molecule has 1 aromatic carbocycles. The number of nitrogens with zero attached hydrogens (tertiary/aromatic N) is 1. The van der Waals surface area contributed by atoms with Crippen LogP contribution in [-0.4, -0.2) is 41.0 Å². The summed E-state index contributed by atoms with van der Waals surface area (Å²) >= 11 is 0. The number of carbonyl (C=O) groups is 4. The molecule has 10 heteroatoms. The van der Waals surface area contributed by atoms with Gasteiger partial charge in [0.2, 0.25) is 5.76 Å². The van der Waals surface area contributed by atoms with Crippen molar-refractivity contribution < 1.29 is 33.1 Å². The van der Waals surface area contributed by atoms with Crippen molar-refractivity contribution in [3.63, 3.8) is 0 Å². The van der Waals surface area contributed by atoms with Gasteiger partial charge in [0.1, 0.15) is 23.7 Å². The van der Waals surface area contributed by atoms with Crippen LogP contribution in [0.4, 0.5) is 4.79 Å². The van der Waals surface area contributed by atoms with Crippen LogP contribution in [0.15, 0.2) is 46.9 Å². The Morgan fingerprint density at radius 3 is 2.56 bits per heavy atom. The Kier molecular flexibility index (Phi) is 6.11. The Hall–Kier alpha value is -3.82. The number of hydrogen-bond donors (Lipinski definition) is 2. The zero-order valence-corrected chi connectivity index (χ0v) is 17.3. The maximum atomic E-state index is 12.6. The summed E-state index contributed by atoms with van der Waals surface area (Å²) in [6.07, 6.45) is 3.72. The van der Waals surface area contributed by atoms with Gasteiger partial charge in [-0.2, -0.15) is 5.01 Å². The fraction of sp³-hybridized carbons (Fsp3) is 0.364. The zero-order chi connectivity index (χ0) is 22.6. The van der Waals surface area contributed by atoms with Crippen molar-refractivity contribution in [2.45, 2.75) is 44.2 Å². The molecule has 0 radical (unpaired) electrons. The number of benzene rings is 1. The smallest absolute Gasteiger partial charge is 0.374 e. The molecule has 2 fully saturated rings. The number of esters is 1. The van der Waals surface area contributed by atoms with Crippen LogP contribution >= 0.6 is 0 Å². The van der Waals surface area contributed by atoms with Crippen LogP contribution in [0, 0.1) is 0 Å². The average molecular weight is 441 g/mol. The van der Waals surface area contributed by atoms with Crippen molar-refractivity contribution in [1.29, 1.82) is 0 Å². The Balaban J connectivity index is 1.25. The minimum absolute atomic E-state index is 0.0967. The van der Waals surface area contributed by atoms with Gasteiger partial charge in [0, 0.05) is 0 Å². The maximum Gasteiger partial charge on any atom is 0.374 e. The van der Waals surface area contributed by atoms with E-state index in [-0.39, 0.29) is 12.4 Å². The number of imide groups is 1. The number of rotatable bonds is 7. The van der Waals surface area contributed by atoms with Crippen LogP contribution in [0.25, 0.3) is 0 Å². The summed E-state index contributed by atoms with van der Waals surface area (Å²) in [7, 11) is 0. The molecule has 32 heavy (non-hydrogen) atoms. The van der Waals surface area contributed by atoms with Crippen LogP contribution in [0.1, 0.15) is 48.4 Å². The van der Waals surface area contributed by atoms with Gasteiger partial charge in [0.25, 0.3) is 11.8 Å². The third kappa shape index (κ3) is 4.58. The highest BCUT2D eigenvalue weighted by molar-refractivity contribution is 6.08. The van der Waals surface area contributed by atoms with Crippen LogP contribution < -0.4 is 15.5 Å². The van der Waals surface area contributed by atoms with Crippen molar-refractivity contribution in [2.24, 2.45) is 0 Å². The summed E-state index contributed by atoms with van der Waals surface area (Å²) in [5.74, 6) is -1.19. The molecule has 4 rings (SSSR count). The predicted octanol–water partition coefficient (Wildman–Crippen LogP) is 2.30. The molecule has 1 saturated carbocycles. The van der Waals surface area contributed by atoms with Gasteiger partial charge in [-0.3, -0.25) is 15.0 Å². The second kappa shape index (κ2) is 9.13. The summed E-state index contributed by atoms with van der Waals surface area (Å²) in [5.41, 5.74) is 1.25. The molecule has 2 heterocycles. The molecule has 0 atom stereocenters. The Morgan fingerprint density at radius 1 is 1.06 bits per heavy atom. The van der Waals surface area contributed by atoms with Gasteiger partial charge in [-0.15, -0.1) is 0 Å². The van der Waals surface area contributed by atoms with Crippen molar-refractivity contribution in [3.05, 3.63) is 54.0 Å². The number of amides is 4. The molecule has 10 nitrogen and oxygen atoms in total. The van der Waals surface area contributed by atoms with E-state index in [9.17, 15) is 19.2 Å². The van der Waals surface area contributed by atoms with Crippen LogP contribution in [-0.2, 0) is 20.9 Å². The van der Waals surface area contributed by atoms with E-state index >= 15 is 0 Å². The number of para-hydroxylation sites is 1. The van der Waals surface area contributed by atoms with Crippen LogP contribution in [0.5, 0.6) is 5.75 Å². The monoisotopic (exact) mass is 441 g/mol. The lowest BCUT2D eigenvalue weighted by Gasteiger charge is -2.30. The summed E-state index contributed by atoms with van der Waals surface area (Å²) in [4.78, 5) is 49.1. The topological polar surface area (TPSA) is 127 Å². The van der Waals surface area contributed by atoms with Gasteiger partial charge in [0.05, 0.1) is 0 Å². The number of carbonyl (C=O) groups excluding carboxylic acids is 4. The number of hydrazine groups is 1. The molecule has 1 aromatic heterocycles. The molecule has 1 spiro atoms. The first-order valence-electron chi connectivity index (χ1n) is 10.4. The average Bonchev–Trinajstić information content (AvgIpc) is 3.37. The summed E-state index contributed by atoms with van der Waals surface area (Å²) in [6, 6.07) is 11.4. The highest BCUT2D eigenvalue weighted by atomic mass is 16.6. The second-order valence-electron chi connectivity index (χ2n) is 7.69. The molecule has 168 valence electrons. The minimum Gasteiger partial charge on any atom is -0.486 e. The second-order valence-corrected chi connectivity index (χ2v) is 7.69. The van der Waals surface area contributed by atoms with E-state index in [1.54, 1.807) is 18.2 Å². The molecule has 2 aromatic rings. The first-order valence-corrected chi connectivity index (χ1v) is 10.4. The molecule has 4 amide bonds. The van der Waals surface area contributed by atoms with E-state index in [0.29, 0.717) is 29.4 Å². The van der Waals surface area contributed by atoms with E-state index in [2.05, 4.69) is 10.7 Å². The van der Waals surface area contributed by atoms with E-state index in [0.717, 1.165) is 19.3 Å². The summed E-state index contributed by atoms with van der Waals surface area (Å²) < 4.78 is 15.9. The summed E-state index contributed by atoms with van der Waals surface area (Å²) in [6.45, 7) is -0.564. The van der Waals surface area contributed by atoms with Crippen molar-refractivity contribution in [3.8, 4) is 5.75 Å². The number of hydrogen-bond acceptors (Lipinski definition) is 7. The Morgan fingerprint density at radius 2 is 1.81 bits per heavy atom. The molecule has 2 aliphatic rings. The third-order valence-corrected chi connectivity index (χ3v) is 5.43. The minimum atomic E-state index is -0.953. The standard InChI is InChI=1S/C22H23N3O7/c26-18(24-25-20(28)22(23-21(25)29)11-5-2-6-12-22)14-31-19(27)17-10-9-16(32-17)13-30-15-7-3-1-4-8-15/h1,3-4,7-10H,2,5-6,11-14H2,(H,23,29)(H,24,26). The van der Waals surface area contributed by atoms with E-state index in [1.165, 1.54) is 6.07 Å². The van der Waals surface area contributed by atoms with Gasteiger partial charge in [0.15, 0.2) is 6.61 Å². The third-order valence-electron chi connectivity index (χ3n) is 5.43. The Bertz CT molecular complexity index is 1010. The molecular weight excluding hydrogens is 418 g/mol. The molecule has 2 N–H and O–H groups in total. The number of ether oxygens (including phenoxy) is 2. The number of furan rings is 1. The Labute approximate surface area is 183 Å². The van der Waals surface area contributed by atoms with Crippen molar-refractivity contribution >= 4 is 23.8 Å². The number of urea groups is 1. The van der Waals surface area contributed by atoms with E-state index in [4.69, 9.17) is 13.9 Å². The lowest BCUT2D eigenvalue weighted by atomic mass is 9.82. The van der Waals surface area contributed by atoms with Gasteiger partial charge in [-0.25, -0.2) is 9.59 Å². The highest BCUT2D eigenvalue weighted by Crippen LogP contribution is 2.32. The molecule has 1 aliphatic carbocycles. The highest BCUT2D eigenvalue weighted by Gasteiger charge is 2.52. The molecule has 0 bridgehead atoms. The van der Waals surface area contributed by atoms with Gasteiger partial charge in [-0.05, 0) is 37.1 Å². The fourth-order valence-electron chi connectivity index (χ4n) is 3.81. The van der Waals surface area contributed by atoms with E-state index in [1.807, 2.05) is 18.2 Å². The summed E-state index contributed by atoms with van der Waals surface area (Å²) in [5, 5.41) is 3.34. The lowest BCUT2D eigenvalue weighted by molar-refractivity contribution is -0.140. The van der Waals surface area contributed by atoms with Crippen LogP contribution in [0.2, 0.25) is 0 Å². The molecular formula is C22H23N3O7. The first kappa shape index (κ1) is 21.4. The SMILES string of the molecule is O=C(COC(=O)c1ccc(COc2ccccc2)o1)NN1C(=O)NC2(CCCCC2)C1=O. The van der Waals surface area contributed by atoms with Crippen LogP contribution in [0.3, 0.4) is 0 Å². The first-order chi connectivity index (χ1) is 15.5. The van der Waals surface area contributed by atoms with Crippen molar-refractivity contribution in [2.75, 3.05) is 6.61 Å². The molecule has 1 saturated heterocycles. The van der Waals surface area contributed by atoms with Gasteiger partial charge >= 0.3 is 12.0 Å². The number of nitrogens with one attached hydrogen (secondary N) is 2.